The first kappa shape index (κ1) is 14.8. The first-order chi connectivity index (χ1) is 10.0. The first-order valence-corrected chi connectivity index (χ1v) is 8.19. The second-order valence-electron chi connectivity index (χ2n) is 6.09. The molecule has 0 heterocycles. The normalized spacial score (nSPS) is 27.1. The van der Waals surface area contributed by atoms with Gasteiger partial charge in [-0.3, -0.25) is 10.1 Å². The lowest BCUT2D eigenvalue weighted by molar-refractivity contribution is -0.385. The quantitative estimate of drug-likeness (QED) is 0.661. The van der Waals surface area contributed by atoms with Gasteiger partial charge < -0.3 is 10.5 Å². The van der Waals surface area contributed by atoms with E-state index < -0.39 is 4.92 Å². The van der Waals surface area contributed by atoms with Crippen molar-refractivity contribution < 1.29 is 9.66 Å². The van der Waals surface area contributed by atoms with E-state index in [1.54, 1.807) is 12.1 Å². The minimum Gasteiger partial charge on any atom is -0.488 e. The highest BCUT2D eigenvalue weighted by molar-refractivity contribution is 9.10. The van der Waals surface area contributed by atoms with Gasteiger partial charge in [0.25, 0.3) is 5.69 Å². The predicted molar refractivity (Wildman–Crippen MR) is 83.3 cm³/mol. The second kappa shape index (κ2) is 5.57. The number of ether oxygens (including phenoxy) is 1. The largest absolute Gasteiger partial charge is 0.488 e. The summed E-state index contributed by atoms with van der Waals surface area (Å²) >= 11 is 3.29. The average molecular weight is 355 g/mol. The molecule has 0 aliphatic heterocycles. The van der Waals surface area contributed by atoms with Crippen molar-refractivity contribution in [2.75, 3.05) is 0 Å². The van der Waals surface area contributed by atoms with E-state index in [4.69, 9.17) is 10.5 Å². The van der Waals surface area contributed by atoms with Crippen LogP contribution in [0.4, 0.5) is 5.69 Å². The summed E-state index contributed by atoms with van der Waals surface area (Å²) in [4.78, 5) is 10.6. The Morgan fingerprint density at radius 3 is 2.67 bits per heavy atom. The highest BCUT2D eigenvalue weighted by Gasteiger charge is 2.55. The zero-order chi connectivity index (χ0) is 15.0. The van der Waals surface area contributed by atoms with Crippen molar-refractivity contribution in [1.29, 1.82) is 0 Å². The molecule has 6 heteroatoms. The van der Waals surface area contributed by atoms with Gasteiger partial charge in [-0.25, -0.2) is 0 Å². The Morgan fingerprint density at radius 1 is 1.33 bits per heavy atom. The van der Waals surface area contributed by atoms with Crippen molar-refractivity contribution in [3.8, 4) is 5.75 Å². The van der Waals surface area contributed by atoms with Crippen LogP contribution < -0.4 is 10.5 Å². The van der Waals surface area contributed by atoms with Gasteiger partial charge in [-0.2, -0.15) is 0 Å². The van der Waals surface area contributed by atoms with Crippen LogP contribution in [0.3, 0.4) is 0 Å². The smallest absolute Gasteiger partial charge is 0.287 e. The van der Waals surface area contributed by atoms with E-state index in [1.807, 2.05) is 0 Å². The molecule has 2 aliphatic carbocycles. The van der Waals surface area contributed by atoms with E-state index in [0.29, 0.717) is 10.2 Å². The molecule has 0 amide bonds. The lowest BCUT2D eigenvalue weighted by Gasteiger charge is -2.56. The molecule has 2 aliphatic rings. The molecule has 21 heavy (non-hydrogen) atoms. The van der Waals surface area contributed by atoms with Gasteiger partial charge in [-0.05, 0) is 34.8 Å². The summed E-state index contributed by atoms with van der Waals surface area (Å²) in [6, 6.07) is 5.10. The van der Waals surface area contributed by atoms with Crippen LogP contribution in [0.15, 0.2) is 22.7 Å². The molecule has 2 fully saturated rings. The van der Waals surface area contributed by atoms with Crippen LogP contribution in [0, 0.1) is 15.5 Å². The van der Waals surface area contributed by atoms with Gasteiger partial charge in [-0.15, -0.1) is 0 Å². The molecule has 0 aromatic heterocycles. The lowest BCUT2D eigenvalue weighted by Crippen LogP contribution is -2.64. The summed E-state index contributed by atoms with van der Waals surface area (Å²) in [5.74, 6) is 0.547. The molecule has 1 aromatic rings. The minimum absolute atomic E-state index is 0.0359. The van der Waals surface area contributed by atoms with Gasteiger partial charge in [0.2, 0.25) is 0 Å². The fraction of sp³-hybridized carbons (Fsp3) is 0.600. The first-order valence-electron chi connectivity index (χ1n) is 7.40. The highest BCUT2D eigenvalue weighted by atomic mass is 79.9. The fourth-order valence-electron chi connectivity index (χ4n) is 3.73. The van der Waals surface area contributed by atoms with Gasteiger partial charge >= 0.3 is 0 Å². The number of nitro benzene ring substituents is 1. The molecule has 2 N–H and O–H groups in total. The maximum atomic E-state index is 11.0. The molecule has 0 radical (unpaired) electrons. The van der Waals surface area contributed by atoms with Crippen molar-refractivity contribution in [2.45, 2.75) is 50.7 Å². The maximum Gasteiger partial charge on any atom is 0.287 e. The number of nitrogens with two attached hydrogens (primary N) is 1. The topological polar surface area (TPSA) is 78.4 Å². The monoisotopic (exact) mass is 354 g/mol. The Morgan fingerprint density at radius 2 is 2.05 bits per heavy atom. The van der Waals surface area contributed by atoms with Crippen LogP contribution in [0.1, 0.15) is 38.5 Å². The predicted octanol–water partition coefficient (Wildman–Crippen LogP) is 3.79. The zero-order valence-electron chi connectivity index (χ0n) is 11.8. The molecule has 1 spiro atoms. The van der Waals surface area contributed by atoms with Crippen molar-refractivity contribution in [3.05, 3.63) is 32.8 Å². The van der Waals surface area contributed by atoms with Gasteiger partial charge in [0, 0.05) is 23.9 Å². The molecular weight excluding hydrogens is 336 g/mol. The van der Waals surface area contributed by atoms with Crippen LogP contribution >= 0.6 is 15.9 Å². The van der Waals surface area contributed by atoms with Crippen molar-refractivity contribution in [2.24, 2.45) is 11.1 Å². The van der Waals surface area contributed by atoms with Crippen LogP contribution in [0.2, 0.25) is 0 Å². The summed E-state index contributed by atoms with van der Waals surface area (Å²) in [5.41, 5.74) is 6.36. The van der Waals surface area contributed by atoms with E-state index in [0.717, 1.165) is 19.3 Å². The molecule has 114 valence electrons. The van der Waals surface area contributed by atoms with Crippen LogP contribution in [0.5, 0.6) is 5.75 Å². The standard InChI is InChI=1S/C15H19BrN2O3/c16-14-10(18(19)20)5-4-6-11(14)21-13-9-12(17)15(13)7-2-1-3-8-15/h4-6,12-13H,1-3,7-9,17H2. The summed E-state index contributed by atoms with van der Waals surface area (Å²) in [7, 11) is 0. The number of rotatable bonds is 3. The number of nitro groups is 1. The summed E-state index contributed by atoms with van der Waals surface area (Å²) in [6.07, 6.45) is 6.77. The van der Waals surface area contributed by atoms with Gasteiger partial charge in [0.1, 0.15) is 16.3 Å². The summed E-state index contributed by atoms with van der Waals surface area (Å²) in [6.45, 7) is 0. The molecule has 1 aromatic carbocycles. The Hall–Kier alpha value is -1.14. The average Bonchev–Trinajstić information content (AvgIpc) is 2.49. The van der Waals surface area contributed by atoms with E-state index >= 15 is 0 Å². The lowest BCUT2D eigenvalue weighted by atomic mass is 9.55. The third-order valence-electron chi connectivity index (χ3n) is 5.04. The SMILES string of the molecule is NC1CC(Oc2cccc([N+](=O)[O-])c2Br)C12CCCCC2. The Balaban J connectivity index is 1.81. The van der Waals surface area contributed by atoms with Crippen molar-refractivity contribution >= 4 is 21.6 Å². The van der Waals surface area contributed by atoms with Crippen LogP contribution in [-0.2, 0) is 0 Å². The van der Waals surface area contributed by atoms with Gasteiger partial charge in [0.15, 0.2) is 0 Å². The maximum absolute atomic E-state index is 11.0. The number of halogens is 1. The third kappa shape index (κ3) is 2.44. The zero-order valence-corrected chi connectivity index (χ0v) is 13.3. The number of benzene rings is 1. The van der Waals surface area contributed by atoms with E-state index in [9.17, 15) is 10.1 Å². The highest BCUT2D eigenvalue weighted by Crippen LogP contribution is 2.53. The minimum atomic E-state index is -0.403. The summed E-state index contributed by atoms with van der Waals surface area (Å²) in [5, 5.41) is 11.0. The molecule has 0 saturated heterocycles. The second-order valence-corrected chi connectivity index (χ2v) is 6.88. The number of hydrogen-bond donors (Lipinski definition) is 1. The Kier molecular flexibility index (Phi) is 3.92. The molecule has 0 bridgehead atoms. The van der Waals surface area contributed by atoms with E-state index in [-0.39, 0.29) is 23.2 Å². The number of hydrogen-bond acceptors (Lipinski definition) is 4. The van der Waals surface area contributed by atoms with Crippen molar-refractivity contribution in [1.82, 2.24) is 0 Å². The molecule has 2 saturated carbocycles. The fourth-order valence-corrected chi connectivity index (χ4v) is 4.23. The molecule has 2 unspecified atom stereocenters. The van der Waals surface area contributed by atoms with Crippen LogP contribution in [-0.4, -0.2) is 17.1 Å². The van der Waals surface area contributed by atoms with Crippen LogP contribution in [0.25, 0.3) is 0 Å². The Labute approximate surface area is 132 Å². The van der Waals surface area contributed by atoms with Gasteiger partial charge in [0.05, 0.1) is 4.92 Å². The molecule has 3 rings (SSSR count). The Bertz CT molecular complexity index is 558. The molecule has 5 nitrogen and oxygen atoms in total. The summed E-state index contributed by atoms with van der Waals surface area (Å²) < 4.78 is 6.52. The van der Waals surface area contributed by atoms with E-state index in [1.165, 1.54) is 25.3 Å². The number of nitrogens with zero attached hydrogens (tertiary/aromatic N) is 1. The third-order valence-corrected chi connectivity index (χ3v) is 5.84. The van der Waals surface area contributed by atoms with Crippen molar-refractivity contribution in [3.63, 3.8) is 0 Å². The van der Waals surface area contributed by atoms with E-state index in [2.05, 4.69) is 15.9 Å². The van der Waals surface area contributed by atoms with Gasteiger partial charge in [-0.1, -0.05) is 25.3 Å². The molecule has 2 atom stereocenters. The molecular formula is C15H19BrN2O3.